The first kappa shape index (κ1) is 15.4. The first-order chi connectivity index (χ1) is 8.39. The second-order valence-corrected chi connectivity index (χ2v) is 6.30. The van der Waals surface area contributed by atoms with Crippen molar-refractivity contribution in [3.8, 4) is 0 Å². The van der Waals surface area contributed by atoms with Gasteiger partial charge in [0.05, 0.1) is 6.54 Å². The van der Waals surface area contributed by atoms with Crippen LogP contribution in [0, 0.1) is 0 Å². The van der Waals surface area contributed by atoms with Gasteiger partial charge < -0.3 is 10.2 Å². The van der Waals surface area contributed by atoms with Crippen molar-refractivity contribution in [2.45, 2.75) is 6.92 Å². The number of likely N-dealkylation sites (N-methyl/N-ethyl adjacent to an activating group) is 2. The average Bonchev–Trinajstić information content (AvgIpc) is 2.36. The van der Waals surface area contributed by atoms with Gasteiger partial charge in [-0.1, -0.05) is 6.92 Å². The molecule has 0 aromatic rings. The van der Waals surface area contributed by atoms with E-state index >= 15 is 0 Å². The molecule has 7 nitrogen and oxygen atoms in total. The summed E-state index contributed by atoms with van der Waals surface area (Å²) in [4.78, 5) is 13.0. The van der Waals surface area contributed by atoms with Gasteiger partial charge in [0.2, 0.25) is 5.91 Å². The number of nitrogens with zero attached hydrogens (tertiary/aromatic N) is 3. The van der Waals surface area contributed by atoms with Crippen LogP contribution in [0.15, 0.2) is 0 Å². The summed E-state index contributed by atoms with van der Waals surface area (Å²) in [5.74, 6) is -0.212. The highest BCUT2D eigenvalue weighted by Gasteiger charge is 2.31. The van der Waals surface area contributed by atoms with Crippen LogP contribution in [0.1, 0.15) is 6.92 Å². The lowest BCUT2D eigenvalue weighted by molar-refractivity contribution is -0.128. The number of rotatable bonds is 5. The van der Waals surface area contributed by atoms with Gasteiger partial charge in [0.1, 0.15) is 0 Å². The number of hydrogen-bond donors (Lipinski definition) is 1. The molecule has 1 heterocycles. The highest BCUT2D eigenvalue weighted by molar-refractivity contribution is 7.86. The third-order valence-electron chi connectivity index (χ3n) is 2.89. The van der Waals surface area contributed by atoms with E-state index in [1.54, 1.807) is 21.0 Å². The molecule has 0 radical (unpaired) electrons. The van der Waals surface area contributed by atoms with Crippen LogP contribution in [0.4, 0.5) is 0 Å². The Bertz CT molecular complexity index is 377. The minimum absolute atomic E-state index is 0.101. The summed E-state index contributed by atoms with van der Waals surface area (Å²) in [6, 6.07) is 0. The highest BCUT2D eigenvalue weighted by atomic mass is 32.2. The third-order valence-corrected chi connectivity index (χ3v) is 4.95. The zero-order valence-corrected chi connectivity index (χ0v) is 12.0. The van der Waals surface area contributed by atoms with E-state index < -0.39 is 10.2 Å². The lowest BCUT2D eigenvalue weighted by Crippen LogP contribution is -2.53. The van der Waals surface area contributed by atoms with Gasteiger partial charge in [-0.15, -0.1) is 0 Å². The number of nitrogens with one attached hydrogen (secondary N) is 1. The van der Waals surface area contributed by atoms with Crippen LogP contribution in [0.2, 0.25) is 0 Å². The molecule has 18 heavy (non-hydrogen) atoms. The maximum Gasteiger partial charge on any atom is 0.282 e. The van der Waals surface area contributed by atoms with E-state index in [0.29, 0.717) is 32.7 Å². The summed E-state index contributed by atoms with van der Waals surface area (Å²) >= 11 is 0. The molecule has 1 aliphatic rings. The molecule has 1 saturated heterocycles. The lowest BCUT2D eigenvalue weighted by Gasteiger charge is -2.32. The van der Waals surface area contributed by atoms with Crippen molar-refractivity contribution >= 4 is 16.1 Å². The van der Waals surface area contributed by atoms with Crippen molar-refractivity contribution in [3.63, 3.8) is 0 Å². The predicted octanol–water partition coefficient (Wildman–Crippen LogP) is -1.45. The maximum absolute atomic E-state index is 12.3. The Hall–Kier alpha value is -0.700. The van der Waals surface area contributed by atoms with E-state index in [0.717, 1.165) is 0 Å². The molecular formula is C10H22N4O3S. The third kappa shape index (κ3) is 3.64. The van der Waals surface area contributed by atoms with E-state index in [1.165, 1.54) is 13.5 Å². The zero-order chi connectivity index (χ0) is 13.8. The van der Waals surface area contributed by atoms with Crippen molar-refractivity contribution in [1.29, 1.82) is 0 Å². The van der Waals surface area contributed by atoms with Crippen LogP contribution in [-0.2, 0) is 15.0 Å². The molecule has 0 bridgehead atoms. The summed E-state index contributed by atoms with van der Waals surface area (Å²) < 4.78 is 27.3. The molecule has 1 aliphatic heterocycles. The van der Waals surface area contributed by atoms with Crippen molar-refractivity contribution in [2.24, 2.45) is 0 Å². The van der Waals surface area contributed by atoms with E-state index in [9.17, 15) is 13.2 Å². The van der Waals surface area contributed by atoms with E-state index in [2.05, 4.69) is 5.32 Å². The van der Waals surface area contributed by atoms with Crippen molar-refractivity contribution < 1.29 is 13.2 Å². The number of amides is 1. The molecule has 1 rings (SSSR count). The fourth-order valence-electron chi connectivity index (χ4n) is 1.69. The Labute approximate surface area is 109 Å². The largest absolute Gasteiger partial charge is 0.348 e. The minimum Gasteiger partial charge on any atom is -0.348 e. The van der Waals surface area contributed by atoms with Crippen molar-refractivity contribution in [3.05, 3.63) is 0 Å². The highest BCUT2D eigenvalue weighted by Crippen LogP contribution is 2.09. The minimum atomic E-state index is -3.52. The van der Waals surface area contributed by atoms with Crippen molar-refractivity contribution in [2.75, 3.05) is 53.4 Å². The molecule has 106 valence electrons. The van der Waals surface area contributed by atoms with Gasteiger partial charge in [-0.3, -0.25) is 4.79 Å². The second-order valence-electron chi connectivity index (χ2n) is 4.37. The molecule has 1 amide bonds. The SMILES string of the molecule is CCN(CC(=O)N(C)C)S(=O)(=O)N1CCNCC1. The quantitative estimate of drug-likeness (QED) is 0.667. The summed E-state index contributed by atoms with van der Waals surface area (Å²) in [5, 5.41) is 3.10. The molecular weight excluding hydrogens is 256 g/mol. The molecule has 0 saturated carbocycles. The molecule has 0 aromatic carbocycles. The summed E-state index contributed by atoms with van der Waals surface area (Å²) in [7, 11) is -0.286. The Balaban J connectivity index is 2.76. The maximum atomic E-state index is 12.3. The fourth-order valence-corrected chi connectivity index (χ4v) is 3.26. The molecule has 0 aromatic heterocycles. The summed E-state index contributed by atoms with van der Waals surface area (Å²) in [6.07, 6.45) is 0. The van der Waals surface area contributed by atoms with Crippen molar-refractivity contribution in [1.82, 2.24) is 18.8 Å². The van der Waals surface area contributed by atoms with E-state index in [-0.39, 0.29) is 12.5 Å². The molecule has 1 fully saturated rings. The first-order valence-corrected chi connectivity index (χ1v) is 7.45. The Morgan fingerprint density at radius 1 is 1.28 bits per heavy atom. The first-order valence-electron chi connectivity index (χ1n) is 6.05. The molecule has 8 heteroatoms. The van der Waals surface area contributed by atoms with Gasteiger partial charge >= 0.3 is 0 Å². The van der Waals surface area contributed by atoms with Gasteiger partial charge in [-0.2, -0.15) is 17.0 Å². The molecule has 0 atom stereocenters. The Morgan fingerprint density at radius 3 is 2.28 bits per heavy atom. The van der Waals surface area contributed by atoms with Crippen LogP contribution >= 0.6 is 0 Å². The number of hydrogen-bond acceptors (Lipinski definition) is 4. The standard InChI is InChI=1S/C10H22N4O3S/c1-4-13(9-10(15)12(2)3)18(16,17)14-7-5-11-6-8-14/h11H,4-9H2,1-3H3. The number of carbonyl (C=O) groups is 1. The van der Waals surface area contributed by atoms with Gasteiger partial charge in [0.15, 0.2) is 0 Å². The summed E-state index contributed by atoms with van der Waals surface area (Å²) in [5.41, 5.74) is 0. The van der Waals surface area contributed by atoms with Gasteiger partial charge in [-0.25, -0.2) is 0 Å². The predicted molar refractivity (Wildman–Crippen MR) is 69.3 cm³/mol. The topological polar surface area (TPSA) is 73.0 Å². The van der Waals surface area contributed by atoms with Crippen LogP contribution < -0.4 is 5.32 Å². The zero-order valence-electron chi connectivity index (χ0n) is 11.2. The van der Waals surface area contributed by atoms with Gasteiger partial charge in [0, 0.05) is 46.8 Å². The number of piperazine rings is 1. The van der Waals surface area contributed by atoms with Gasteiger partial charge in [0.25, 0.3) is 10.2 Å². The Kier molecular flexibility index (Phi) is 5.51. The number of carbonyl (C=O) groups excluding carboxylic acids is 1. The average molecular weight is 278 g/mol. The molecule has 0 unspecified atom stereocenters. The van der Waals surface area contributed by atoms with E-state index in [1.807, 2.05) is 0 Å². The molecule has 1 N–H and O–H groups in total. The van der Waals surface area contributed by atoms with E-state index in [4.69, 9.17) is 0 Å². The normalized spacial score (nSPS) is 18.0. The van der Waals surface area contributed by atoms with Crippen LogP contribution in [0.3, 0.4) is 0 Å². The van der Waals surface area contributed by atoms with Crippen LogP contribution in [0.5, 0.6) is 0 Å². The van der Waals surface area contributed by atoms with Crippen LogP contribution in [-0.4, -0.2) is 81.2 Å². The second kappa shape index (κ2) is 6.46. The molecule has 0 spiro atoms. The fraction of sp³-hybridized carbons (Fsp3) is 0.900. The van der Waals surface area contributed by atoms with Gasteiger partial charge in [-0.05, 0) is 0 Å². The Morgan fingerprint density at radius 2 is 1.83 bits per heavy atom. The summed E-state index contributed by atoms with van der Waals surface area (Å²) in [6.45, 7) is 4.14. The smallest absolute Gasteiger partial charge is 0.282 e. The lowest BCUT2D eigenvalue weighted by atomic mass is 10.4. The van der Waals surface area contributed by atoms with Crippen LogP contribution in [0.25, 0.3) is 0 Å². The monoisotopic (exact) mass is 278 g/mol. The molecule has 0 aliphatic carbocycles.